The van der Waals surface area contributed by atoms with E-state index in [1.807, 2.05) is 18.2 Å². The predicted octanol–water partition coefficient (Wildman–Crippen LogP) is 1.27. The zero-order chi connectivity index (χ0) is 21.6. The maximum atomic E-state index is 12.6. The summed E-state index contributed by atoms with van der Waals surface area (Å²) in [4.78, 5) is 49.3. The number of carboxylic acids is 1. The minimum atomic E-state index is -1.13. The van der Waals surface area contributed by atoms with Gasteiger partial charge in [-0.1, -0.05) is 30.3 Å². The molecule has 1 aliphatic rings. The number of amides is 2. The van der Waals surface area contributed by atoms with Crippen molar-refractivity contribution in [3.8, 4) is 0 Å². The highest BCUT2D eigenvalue weighted by molar-refractivity contribution is 5.79. The Kier molecular flexibility index (Phi) is 7.58. The highest BCUT2D eigenvalue weighted by atomic mass is 16.6. The van der Waals surface area contributed by atoms with Gasteiger partial charge in [0.25, 0.3) is 0 Å². The lowest BCUT2D eigenvalue weighted by molar-refractivity contribution is -0.147. The quantitative estimate of drug-likeness (QED) is 0.654. The minimum Gasteiger partial charge on any atom is -0.481 e. The van der Waals surface area contributed by atoms with Crippen LogP contribution in [-0.2, 0) is 30.5 Å². The Balaban J connectivity index is 2.21. The molecule has 1 saturated carbocycles. The molecule has 0 saturated heterocycles. The SMILES string of the molecule is COC(=O)[C@@H]1C[C@H](C(=O)O)[C@@H](N(C)C(=O)OCc2ccccc2)[C@H]1CNC(C)=O. The van der Waals surface area contributed by atoms with E-state index in [-0.39, 0.29) is 25.5 Å². The summed E-state index contributed by atoms with van der Waals surface area (Å²) in [6.45, 7) is 1.40. The molecule has 0 spiro atoms. The van der Waals surface area contributed by atoms with Crippen LogP contribution in [0.2, 0.25) is 0 Å². The van der Waals surface area contributed by atoms with Crippen LogP contribution in [0.5, 0.6) is 0 Å². The monoisotopic (exact) mass is 406 g/mol. The molecule has 0 radical (unpaired) electrons. The van der Waals surface area contributed by atoms with E-state index < -0.39 is 41.8 Å². The van der Waals surface area contributed by atoms with Crippen molar-refractivity contribution in [1.82, 2.24) is 10.2 Å². The standard InChI is InChI=1S/C20H26N2O7/c1-12(23)21-10-16-14(19(26)28-3)9-15(18(24)25)17(16)22(2)20(27)29-11-13-7-5-4-6-8-13/h4-8,14-17H,9-11H2,1-3H3,(H,21,23)(H,24,25)/t14-,15+,16+,17-/m1/s1. The van der Waals surface area contributed by atoms with Crippen molar-refractivity contribution in [3.05, 3.63) is 35.9 Å². The number of hydrogen-bond acceptors (Lipinski definition) is 6. The lowest BCUT2D eigenvalue weighted by Crippen LogP contribution is -2.49. The summed E-state index contributed by atoms with van der Waals surface area (Å²) < 4.78 is 10.1. The van der Waals surface area contributed by atoms with Crippen LogP contribution in [0.15, 0.2) is 30.3 Å². The number of benzene rings is 1. The normalized spacial score (nSPS) is 23.1. The number of nitrogens with zero attached hydrogens (tertiary/aromatic N) is 1. The van der Waals surface area contributed by atoms with Crippen LogP contribution in [-0.4, -0.2) is 60.7 Å². The summed E-state index contributed by atoms with van der Waals surface area (Å²) in [5.74, 6) is -4.39. The molecule has 1 fully saturated rings. The van der Waals surface area contributed by atoms with Crippen LogP contribution in [0.4, 0.5) is 4.79 Å². The molecule has 2 rings (SSSR count). The molecule has 1 aromatic rings. The molecule has 0 heterocycles. The molecule has 9 heteroatoms. The molecular formula is C20H26N2O7. The van der Waals surface area contributed by atoms with Crippen molar-refractivity contribution in [2.75, 3.05) is 20.7 Å². The number of nitrogens with one attached hydrogen (secondary N) is 1. The molecule has 0 unspecified atom stereocenters. The van der Waals surface area contributed by atoms with E-state index in [4.69, 9.17) is 9.47 Å². The van der Waals surface area contributed by atoms with Crippen molar-refractivity contribution < 1.29 is 33.8 Å². The minimum absolute atomic E-state index is 0.00717. The number of carbonyl (C=O) groups excluding carboxylic acids is 3. The van der Waals surface area contributed by atoms with Gasteiger partial charge in [-0.3, -0.25) is 14.4 Å². The summed E-state index contributed by atoms with van der Waals surface area (Å²) in [5, 5.41) is 12.3. The fourth-order valence-corrected chi connectivity index (χ4v) is 3.82. The molecule has 9 nitrogen and oxygen atoms in total. The second-order valence-electron chi connectivity index (χ2n) is 7.05. The zero-order valence-corrected chi connectivity index (χ0v) is 16.7. The van der Waals surface area contributed by atoms with Gasteiger partial charge in [0.1, 0.15) is 6.61 Å². The fourth-order valence-electron chi connectivity index (χ4n) is 3.82. The second-order valence-corrected chi connectivity index (χ2v) is 7.05. The number of carboxylic acid groups (broad SMARTS) is 1. The molecule has 0 bridgehead atoms. The van der Waals surface area contributed by atoms with E-state index >= 15 is 0 Å². The Hall–Kier alpha value is -3.10. The van der Waals surface area contributed by atoms with Crippen molar-refractivity contribution in [2.45, 2.75) is 26.0 Å². The number of rotatable bonds is 7. The summed E-state index contributed by atoms with van der Waals surface area (Å²) in [6, 6.07) is 8.23. The first-order valence-electron chi connectivity index (χ1n) is 9.24. The largest absolute Gasteiger partial charge is 0.481 e. The zero-order valence-electron chi connectivity index (χ0n) is 16.7. The molecule has 2 N–H and O–H groups in total. The Labute approximate surface area is 169 Å². The Morgan fingerprint density at radius 1 is 1.17 bits per heavy atom. The third-order valence-corrected chi connectivity index (χ3v) is 5.22. The first kappa shape index (κ1) is 22.2. The van der Waals surface area contributed by atoms with Crippen LogP contribution in [0, 0.1) is 17.8 Å². The topological polar surface area (TPSA) is 122 Å². The molecule has 29 heavy (non-hydrogen) atoms. The van der Waals surface area contributed by atoms with Crippen LogP contribution in [0.1, 0.15) is 18.9 Å². The number of hydrogen-bond donors (Lipinski definition) is 2. The highest BCUT2D eigenvalue weighted by Gasteiger charge is 2.52. The second kappa shape index (κ2) is 9.90. The van der Waals surface area contributed by atoms with Crippen LogP contribution in [0.3, 0.4) is 0 Å². The number of aliphatic carboxylic acids is 1. The molecule has 4 atom stereocenters. The van der Waals surface area contributed by atoms with Gasteiger partial charge in [0.05, 0.1) is 25.0 Å². The van der Waals surface area contributed by atoms with Crippen LogP contribution < -0.4 is 5.32 Å². The molecule has 158 valence electrons. The molecule has 1 aromatic carbocycles. The number of esters is 1. The maximum Gasteiger partial charge on any atom is 0.410 e. The van der Waals surface area contributed by atoms with Gasteiger partial charge in [0.15, 0.2) is 0 Å². The van der Waals surface area contributed by atoms with Crippen molar-refractivity contribution in [1.29, 1.82) is 0 Å². The average molecular weight is 406 g/mol. The molecule has 0 aliphatic heterocycles. The van der Waals surface area contributed by atoms with E-state index in [1.54, 1.807) is 12.1 Å². The van der Waals surface area contributed by atoms with Gasteiger partial charge in [0.2, 0.25) is 5.91 Å². The molecule has 0 aromatic heterocycles. The summed E-state index contributed by atoms with van der Waals surface area (Å²) in [6.07, 6.45) is -0.698. The average Bonchev–Trinajstić information content (AvgIpc) is 3.09. The molecular weight excluding hydrogens is 380 g/mol. The van der Waals surface area contributed by atoms with Gasteiger partial charge in [-0.15, -0.1) is 0 Å². The van der Waals surface area contributed by atoms with E-state index in [2.05, 4.69) is 5.32 Å². The fraction of sp³-hybridized carbons (Fsp3) is 0.500. The summed E-state index contributed by atoms with van der Waals surface area (Å²) in [5.41, 5.74) is 0.790. The van der Waals surface area contributed by atoms with E-state index in [1.165, 1.54) is 26.0 Å². The Morgan fingerprint density at radius 3 is 2.38 bits per heavy atom. The Bertz CT molecular complexity index is 752. The lowest BCUT2D eigenvalue weighted by atomic mass is 9.92. The molecule has 1 aliphatic carbocycles. The number of carbonyl (C=O) groups is 4. The van der Waals surface area contributed by atoms with Gasteiger partial charge in [-0.25, -0.2) is 4.79 Å². The van der Waals surface area contributed by atoms with Crippen LogP contribution in [0.25, 0.3) is 0 Å². The number of methoxy groups -OCH3 is 1. The van der Waals surface area contributed by atoms with E-state index in [9.17, 15) is 24.3 Å². The van der Waals surface area contributed by atoms with Crippen molar-refractivity contribution >= 4 is 23.9 Å². The van der Waals surface area contributed by atoms with Crippen LogP contribution >= 0.6 is 0 Å². The summed E-state index contributed by atoms with van der Waals surface area (Å²) >= 11 is 0. The number of ether oxygens (including phenoxy) is 2. The van der Waals surface area contributed by atoms with Crippen molar-refractivity contribution in [2.24, 2.45) is 17.8 Å². The van der Waals surface area contributed by atoms with Gasteiger partial charge in [-0.2, -0.15) is 0 Å². The third-order valence-electron chi connectivity index (χ3n) is 5.22. The molecule has 2 amide bonds. The summed E-state index contributed by atoms with van der Waals surface area (Å²) in [7, 11) is 2.66. The first-order valence-corrected chi connectivity index (χ1v) is 9.24. The van der Waals surface area contributed by atoms with Gasteiger partial charge >= 0.3 is 18.0 Å². The highest BCUT2D eigenvalue weighted by Crippen LogP contribution is 2.40. The van der Waals surface area contributed by atoms with E-state index in [0.29, 0.717) is 0 Å². The maximum absolute atomic E-state index is 12.6. The lowest BCUT2D eigenvalue weighted by Gasteiger charge is -2.32. The first-order chi connectivity index (χ1) is 13.8. The smallest absolute Gasteiger partial charge is 0.410 e. The van der Waals surface area contributed by atoms with Gasteiger partial charge in [-0.05, 0) is 12.0 Å². The van der Waals surface area contributed by atoms with Crippen molar-refractivity contribution in [3.63, 3.8) is 0 Å². The third kappa shape index (κ3) is 5.46. The Morgan fingerprint density at radius 2 is 1.83 bits per heavy atom. The van der Waals surface area contributed by atoms with E-state index in [0.717, 1.165) is 5.56 Å². The predicted molar refractivity (Wildman–Crippen MR) is 102 cm³/mol. The van der Waals surface area contributed by atoms with Gasteiger partial charge < -0.3 is 24.8 Å². The van der Waals surface area contributed by atoms with Gasteiger partial charge in [0, 0.05) is 26.4 Å².